The summed E-state index contributed by atoms with van der Waals surface area (Å²) in [4.78, 5) is 67.8. The molecule has 5 rings (SSSR count). The molecule has 3 aliphatic rings. The van der Waals surface area contributed by atoms with Crippen molar-refractivity contribution in [2.45, 2.75) is 30.9 Å². The second-order valence-corrected chi connectivity index (χ2v) is 11.4. The molecule has 1 amide bonds. The van der Waals surface area contributed by atoms with Crippen molar-refractivity contribution in [3.63, 3.8) is 0 Å². The molecule has 2 fully saturated rings. The maximum atomic E-state index is 13.9. The maximum absolute atomic E-state index is 13.9. The minimum atomic E-state index is -2.75. The highest BCUT2D eigenvalue weighted by atomic mass is 16.5. The van der Waals surface area contributed by atoms with E-state index in [1.807, 2.05) is 6.08 Å². The highest BCUT2D eigenvalue weighted by molar-refractivity contribution is 6.32. The lowest BCUT2D eigenvalue weighted by atomic mass is 9.52. The van der Waals surface area contributed by atoms with Crippen LogP contribution in [0.25, 0.3) is 6.08 Å². The fraction of sp³-hybridized carbons (Fsp3) is 0.387. The number of benzene rings is 2. The van der Waals surface area contributed by atoms with Crippen LogP contribution in [-0.4, -0.2) is 82.1 Å². The molecule has 5 N–H and O–H groups in total. The molecule has 0 radical (unpaired) electrons. The Hall–Kier alpha value is -4.35. The number of aromatic hydroxyl groups is 2. The number of Topliss-reactive ketones (excluding diaryl/α,β-unsaturated/α-hetero) is 4. The molecule has 3 aliphatic carbocycles. The Labute approximate surface area is 241 Å². The number of fused-ring (bicyclic) bond motifs is 3. The number of nitrogens with two attached hydrogens (primary N) is 1. The molecule has 11 nitrogen and oxygen atoms in total. The Bertz CT molecular complexity index is 1560. The highest BCUT2D eigenvalue weighted by Crippen LogP contribution is 2.51. The molecule has 6 atom stereocenters. The number of ketones is 4. The van der Waals surface area contributed by atoms with E-state index in [1.165, 1.54) is 24.1 Å². The number of aliphatic hydroxyl groups is 1. The molecule has 2 unspecified atom stereocenters. The number of hydrogen-bond donors (Lipinski definition) is 4. The van der Waals surface area contributed by atoms with Crippen molar-refractivity contribution in [2.75, 3.05) is 21.2 Å². The number of nitrogens with zero attached hydrogens (tertiary/aromatic N) is 1. The molecule has 0 saturated heterocycles. The van der Waals surface area contributed by atoms with E-state index in [-0.39, 0.29) is 29.9 Å². The number of phenolic OH excluding ortho intramolecular Hbond substituents is 2. The summed E-state index contributed by atoms with van der Waals surface area (Å²) < 4.78 is 5.15. The van der Waals surface area contributed by atoms with Crippen LogP contribution < -0.4 is 10.5 Å². The first kappa shape index (κ1) is 29.2. The van der Waals surface area contributed by atoms with Gasteiger partial charge >= 0.3 is 0 Å². The summed E-state index contributed by atoms with van der Waals surface area (Å²) in [5.74, 6) is -10.4. The van der Waals surface area contributed by atoms with E-state index in [2.05, 4.69) is 0 Å². The van der Waals surface area contributed by atoms with Crippen LogP contribution in [0.5, 0.6) is 17.2 Å². The fourth-order valence-electron chi connectivity index (χ4n) is 6.96. The van der Waals surface area contributed by atoms with E-state index < -0.39 is 64.4 Å². The Kier molecular flexibility index (Phi) is 7.28. The summed E-state index contributed by atoms with van der Waals surface area (Å²) in [6, 6.07) is 6.82. The van der Waals surface area contributed by atoms with E-state index in [0.717, 1.165) is 5.56 Å². The van der Waals surface area contributed by atoms with Crippen LogP contribution in [0.4, 0.5) is 0 Å². The van der Waals surface area contributed by atoms with Crippen LogP contribution in [0.3, 0.4) is 0 Å². The zero-order chi connectivity index (χ0) is 30.7. The van der Waals surface area contributed by atoms with Crippen LogP contribution in [-0.2, 0) is 32.0 Å². The average Bonchev–Trinajstić information content (AvgIpc) is 2.92. The number of carbonyl (C=O) groups excluding carboxylic acids is 5. The first-order valence-electron chi connectivity index (χ1n) is 13.5. The Morgan fingerprint density at radius 2 is 1.79 bits per heavy atom. The van der Waals surface area contributed by atoms with Crippen molar-refractivity contribution in [3.05, 3.63) is 58.7 Å². The van der Waals surface area contributed by atoms with Gasteiger partial charge in [-0.1, -0.05) is 24.3 Å². The van der Waals surface area contributed by atoms with Gasteiger partial charge in [-0.25, -0.2) is 0 Å². The molecule has 11 heteroatoms. The summed E-state index contributed by atoms with van der Waals surface area (Å²) in [6.45, 7) is 0. The standard InChI is InChI=1S/C31H32N2O9/c1-33(2)25-18-13-16-12-17-15(6-4-5-14-7-9-19(34)21(11-14)42-3)8-10-20(35)23(17)26(36)22(16)28(38)31(18,41)29(39)24(27(25)37)30(32)40/h4,6-11,16,18,22,24-25,34-35,41H,5,12-13H2,1-3H3,(H2,32,40)/t16-,18-,22?,24?,25-,31-/m0/s1. The molecule has 0 bridgehead atoms. The number of ether oxygens (including phenoxy) is 1. The number of hydrogen-bond acceptors (Lipinski definition) is 10. The lowest BCUT2D eigenvalue weighted by molar-refractivity contribution is -0.181. The van der Waals surface area contributed by atoms with E-state index in [4.69, 9.17) is 10.5 Å². The van der Waals surface area contributed by atoms with E-state index in [0.29, 0.717) is 23.3 Å². The summed E-state index contributed by atoms with van der Waals surface area (Å²) in [5.41, 5.74) is 4.55. The van der Waals surface area contributed by atoms with Gasteiger partial charge in [-0.05, 0) is 74.2 Å². The average molecular weight is 577 g/mol. The predicted octanol–water partition coefficient (Wildman–Crippen LogP) is 0.837. The SMILES string of the molecule is COc1cc(CC=Cc2ccc(O)c3c2C[C@H]2C[C@H]4[C@H](N(C)C)C(=O)C(C(N)=O)C(=O)[C@@]4(O)C(=O)C2C3=O)ccc1O. The third kappa shape index (κ3) is 4.31. The van der Waals surface area contributed by atoms with Crippen LogP contribution in [0.15, 0.2) is 36.4 Å². The van der Waals surface area contributed by atoms with Crippen LogP contribution >= 0.6 is 0 Å². The third-order valence-electron chi connectivity index (χ3n) is 8.88. The monoisotopic (exact) mass is 576 g/mol. The molecule has 0 spiro atoms. The fourth-order valence-corrected chi connectivity index (χ4v) is 6.96. The molecule has 42 heavy (non-hydrogen) atoms. The number of amides is 1. The molecule has 0 aliphatic heterocycles. The van der Waals surface area contributed by atoms with Gasteiger partial charge in [0, 0.05) is 5.92 Å². The number of likely N-dealkylation sites (N-methyl/N-ethyl adjacent to an activating group) is 1. The predicted molar refractivity (Wildman–Crippen MR) is 149 cm³/mol. The van der Waals surface area contributed by atoms with Gasteiger partial charge in [0.1, 0.15) is 5.75 Å². The lowest BCUT2D eigenvalue weighted by Gasteiger charge is -2.52. The van der Waals surface area contributed by atoms with Crippen molar-refractivity contribution in [3.8, 4) is 17.2 Å². The van der Waals surface area contributed by atoms with E-state index >= 15 is 0 Å². The van der Waals surface area contributed by atoms with Gasteiger partial charge in [0.2, 0.25) is 5.91 Å². The second kappa shape index (κ2) is 10.5. The van der Waals surface area contributed by atoms with Gasteiger partial charge < -0.3 is 25.8 Å². The number of carbonyl (C=O) groups is 5. The maximum Gasteiger partial charge on any atom is 0.235 e. The quantitative estimate of drug-likeness (QED) is 0.359. The van der Waals surface area contributed by atoms with Crippen LogP contribution in [0.2, 0.25) is 0 Å². The normalized spacial score (nSPS) is 28.9. The summed E-state index contributed by atoms with van der Waals surface area (Å²) in [5, 5.41) is 32.2. The molecule has 2 saturated carbocycles. The molecule has 2 aromatic carbocycles. The molecule has 0 heterocycles. The van der Waals surface area contributed by atoms with E-state index in [1.54, 1.807) is 38.4 Å². The minimum absolute atomic E-state index is 0.0165. The van der Waals surface area contributed by atoms with Crippen LogP contribution in [0, 0.1) is 23.7 Å². The molecular formula is C31H32N2O9. The second-order valence-electron chi connectivity index (χ2n) is 11.4. The lowest BCUT2D eigenvalue weighted by Crippen LogP contribution is -2.74. The van der Waals surface area contributed by atoms with Gasteiger partial charge in [0.15, 0.2) is 46.2 Å². The van der Waals surface area contributed by atoms with Gasteiger partial charge in [-0.15, -0.1) is 0 Å². The topological polar surface area (TPSA) is 185 Å². The highest BCUT2D eigenvalue weighted by Gasteiger charge is 2.69. The zero-order valence-electron chi connectivity index (χ0n) is 23.4. The van der Waals surface area contributed by atoms with Crippen LogP contribution in [0.1, 0.15) is 33.5 Å². The van der Waals surface area contributed by atoms with E-state index in [9.17, 15) is 39.3 Å². The molecule has 2 aromatic rings. The molecule has 220 valence electrons. The zero-order valence-corrected chi connectivity index (χ0v) is 23.4. The van der Waals surface area contributed by atoms with Crippen molar-refractivity contribution < 1.29 is 44.0 Å². The first-order chi connectivity index (χ1) is 19.8. The number of methoxy groups -OCH3 is 1. The van der Waals surface area contributed by atoms with Crippen molar-refractivity contribution in [1.29, 1.82) is 0 Å². The Balaban J connectivity index is 1.52. The third-order valence-corrected chi connectivity index (χ3v) is 8.88. The number of primary amides is 1. The van der Waals surface area contributed by atoms with Crippen molar-refractivity contribution in [2.24, 2.45) is 29.4 Å². The molecule has 0 aromatic heterocycles. The number of phenols is 2. The Morgan fingerprint density at radius 3 is 2.43 bits per heavy atom. The number of allylic oxidation sites excluding steroid dienone is 1. The number of rotatable bonds is 6. The van der Waals surface area contributed by atoms with Gasteiger partial charge in [0.25, 0.3) is 0 Å². The first-order valence-corrected chi connectivity index (χ1v) is 13.5. The Morgan fingerprint density at radius 1 is 1.10 bits per heavy atom. The molecular weight excluding hydrogens is 544 g/mol. The minimum Gasteiger partial charge on any atom is -0.507 e. The van der Waals surface area contributed by atoms with Crippen molar-refractivity contribution >= 4 is 35.1 Å². The van der Waals surface area contributed by atoms with Gasteiger partial charge in [-0.2, -0.15) is 0 Å². The van der Waals surface area contributed by atoms with Gasteiger partial charge in [-0.3, -0.25) is 28.9 Å². The largest absolute Gasteiger partial charge is 0.507 e. The summed E-state index contributed by atoms with van der Waals surface area (Å²) in [6.07, 6.45) is 4.27. The summed E-state index contributed by atoms with van der Waals surface area (Å²) in [7, 11) is 4.53. The van der Waals surface area contributed by atoms with Crippen molar-refractivity contribution in [1.82, 2.24) is 4.90 Å². The van der Waals surface area contributed by atoms with Gasteiger partial charge in [0.05, 0.1) is 24.6 Å². The smallest absolute Gasteiger partial charge is 0.235 e. The summed E-state index contributed by atoms with van der Waals surface area (Å²) >= 11 is 0.